The van der Waals surface area contributed by atoms with Crippen LogP contribution in [0.25, 0.3) is 23.0 Å². The standard InChI is InChI=1S/C21H16FN3O4S3/c22-16-8-6-14(7-9-16)19-15(13-25(23-19)17-4-2-1-3-5-17)12-18-20(26)24(21(30)31-18)10-11-32(27,28)29/h1-9,12-13H,10-11H2,(H,27,28,29)/p-1/b18-12-. The topological polar surface area (TPSA) is 95.3 Å². The zero-order chi connectivity index (χ0) is 22.9. The summed E-state index contributed by atoms with van der Waals surface area (Å²) in [6.07, 6.45) is 3.35. The highest BCUT2D eigenvalue weighted by atomic mass is 32.2. The lowest BCUT2D eigenvalue weighted by Gasteiger charge is -2.15. The monoisotopic (exact) mass is 488 g/mol. The van der Waals surface area contributed by atoms with E-state index in [1.54, 1.807) is 29.1 Å². The molecule has 1 amide bonds. The Labute approximate surface area is 193 Å². The third-order valence-corrected chi connectivity index (χ3v) is 6.67. The quantitative estimate of drug-likeness (QED) is 0.298. The first-order valence-corrected chi connectivity index (χ1v) is 12.1. The molecule has 164 valence electrons. The van der Waals surface area contributed by atoms with Crippen molar-refractivity contribution in [2.75, 3.05) is 12.3 Å². The maximum absolute atomic E-state index is 13.4. The van der Waals surface area contributed by atoms with Crippen LogP contribution in [0, 0.1) is 5.82 Å². The van der Waals surface area contributed by atoms with E-state index in [0.717, 1.165) is 22.3 Å². The van der Waals surface area contributed by atoms with Crippen LogP contribution in [-0.2, 0) is 14.9 Å². The normalized spacial score (nSPS) is 15.7. The van der Waals surface area contributed by atoms with Crippen LogP contribution in [0.1, 0.15) is 5.56 Å². The zero-order valence-electron chi connectivity index (χ0n) is 16.3. The van der Waals surface area contributed by atoms with Crippen LogP contribution in [-0.4, -0.2) is 50.2 Å². The van der Waals surface area contributed by atoms with Crippen LogP contribution in [0.15, 0.2) is 65.7 Å². The molecule has 0 atom stereocenters. The predicted molar refractivity (Wildman–Crippen MR) is 123 cm³/mol. The van der Waals surface area contributed by atoms with E-state index in [-0.39, 0.29) is 21.6 Å². The molecule has 0 unspecified atom stereocenters. The van der Waals surface area contributed by atoms with Gasteiger partial charge in [0, 0.05) is 23.9 Å². The van der Waals surface area contributed by atoms with Gasteiger partial charge in [-0.25, -0.2) is 17.5 Å². The van der Waals surface area contributed by atoms with Crippen molar-refractivity contribution in [1.82, 2.24) is 14.7 Å². The van der Waals surface area contributed by atoms with Crippen LogP contribution < -0.4 is 0 Å². The molecule has 32 heavy (non-hydrogen) atoms. The maximum atomic E-state index is 13.4. The van der Waals surface area contributed by atoms with E-state index in [4.69, 9.17) is 12.2 Å². The van der Waals surface area contributed by atoms with Crippen LogP contribution in [0.4, 0.5) is 4.39 Å². The molecule has 1 aliphatic rings. The molecule has 0 radical (unpaired) electrons. The summed E-state index contributed by atoms with van der Waals surface area (Å²) in [5, 5.41) is 4.62. The number of benzene rings is 2. The van der Waals surface area contributed by atoms with Gasteiger partial charge in [0.2, 0.25) is 0 Å². The number of rotatable bonds is 6. The highest BCUT2D eigenvalue weighted by Gasteiger charge is 2.32. The van der Waals surface area contributed by atoms with Gasteiger partial charge in [0.05, 0.1) is 32.2 Å². The summed E-state index contributed by atoms with van der Waals surface area (Å²) in [6, 6.07) is 15.2. The lowest BCUT2D eigenvalue weighted by molar-refractivity contribution is -0.121. The molecule has 7 nitrogen and oxygen atoms in total. The number of carbonyl (C=O) groups excluding carboxylic acids is 1. The maximum Gasteiger partial charge on any atom is 0.266 e. The fourth-order valence-corrected chi connectivity index (χ4v) is 4.78. The largest absolute Gasteiger partial charge is 0.748 e. The third-order valence-electron chi connectivity index (χ3n) is 4.61. The molecule has 1 saturated heterocycles. The van der Waals surface area contributed by atoms with Gasteiger partial charge in [-0.2, -0.15) is 5.10 Å². The van der Waals surface area contributed by atoms with Gasteiger partial charge in [-0.3, -0.25) is 9.69 Å². The number of halogens is 1. The number of hydrogen-bond acceptors (Lipinski definition) is 7. The van der Waals surface area contributed by atoms with E-state index in [9.17, 15) is 22.2 Å². The summed E-state index contributed by atoms with van der Waals surface area (Å²) in [4.78, 5) is 14.2. The Morgan fingerprint density at radius 2 is 1.81 bits per heavy atom. The van der Waals surface area contributed by atoms with Gasteiger partial charge in [-0.15, -0.1) is 0 Å². The second kappa shape index (κ2) is 8.94. The van der Waals surface area contributed by atoms with Gasteiger partial charge in [-0.1, -0.05) is 42.2 Å². The number of thioether (sulfide) groups is 1. The molecule has 11 heteroatoms. The Morgan fingerprint density at radius 1 is 1.12 bits per heavy atom. The van der Waals surface area contributed by atoms with Crippen molar-refractivity contribution in [1.29, 1.82) is 0 Å². The number of hydrogen-bond donors (Lipinski definition) is 0. The fraction of sp³-hybridized carbons (Fsp3) is 0.0952. The molecule has 3 aromatic rings. The molecule has 1 aliphatic heterocycles. The van der Waals surface area contributed by atoms with E-state index in [2.05, 4.69) is 5.10 Å². The molecule has 0 bridgehead atoms. The molecular formula is C21H15FN3O4S3-. The van der Waals surface area contributed by atoms with Crippen molar-refractivity contribution in [2.24, 2.45) is 0 Å². The Balaban J connectivity index is 1.73. The van der Waals surface area contributed by atoms with E-state index < -0.39 is 21.8 Å². The highest BCUT2D eigenvalue weighted by molar-refractivity contribution is 8.26. The van der Waals surface area contributed by atoms with Crippen molar-refractivity contribution in [2.45, 2.75) is 0 Å². The summed E-state index contributed by atoms with van der Waals surface area (Å²) in [6.45, 7) is -0.304. The van der Waals surface area contributed by atoms with Gasteiger partial charge < -0.3 is 4.55 Å². The van der Waals surface area contributed by atoms with E-state index >= 15 is 0 Å². The molecule has 0 N–H and O–H groups in total. The second-order valence-corrected chi connectivity index (χ2v) is 10.0. The Kier molecular flexibility index (Phi) is 6.24. The lowest BCUT2D eigenvalue weighted by Crippen LogP contribution is -2.32. The summed E-state index contributed by atoms with van der Waals surface area (Å²) in [5.74, 6) is -1.59. The number of para-hydroxylation sites is 1. The fourth-order valence-electron chi connectivity index (χ4n) is 3.08. The molecule has 2 aromatic carbocycles. The summed E-state index contributed by atoms with van der Waals surface area (Å²) < 4.78 is 48.1. The Bertz CT molecular complexity index is 1320. The Hall–Kier alpha value is -2.86. The van der Waals surface area contributed by atoms with Crippen molar-refractivity contribution in [3.63, 3.8) is 0 Å². The minimum Gasteiger partial charge on any atom is -0.748 e. The SMILES string of the molecule is O=C1/C(=C/c2cn(-c3ccccc3)nc2-c2ccc(F)cc2)SC(=S)N1CCS(=O)(=O)[O-]. The van der Waals surface area contributed by atoms with Crippen molar-refractivity contribution in [3.05, 3.63) is 77.1 Å². The van der Waals surface area contributed by atoms with Crippen LogP contribution >= 0.6 is 24.0 Å². The second-order valence-electron chi connectivity index (χ2n) is 6.82. The predicted octanol–water partition coefficient (Wildman–Crippen LogP) is 3.42. The first-order chi connectivity index (χ1) is 15.2. The number of carbonyl (C=O) groups is 1. The summed E-state index contributed by atoms with van der Waals surface area (Å²) in [7, 11) is -4.48. The van der Waals surface area contributed by atoms with Gasteiger partial charge in [0.1, 0.15) is 10.1 Å². The van der Waals surface area contributed by atoms with Crippen molar-refractivity contribution < 1.29 is 22.2 Å². The lowest BCUT2D eigenvalue weighted by atomic mass is 10.1. The first kappa shape index (κ1) is 22.3. The number of amides is 1. The van der Waals surface area contributed by atoms with Crippen LogP contribution in [0.2, 0.25) is 0 Å². The molecular weight excluding hydrogens is 473 g/mol. The van der Waals surface area contributed by atoms with E-state index in [1.165, 1.54) is 12.1 Å². The van der Waals surface area contributed by atoms with Crippen molar-refractivity contribution in [3.8, 4) is 16.9 Å². The van der Waals surface area contributed by atoms with Gasteiger partial charge in [-0.05, 0) is 42.5 Å². The number of thiocarbonyl (C=S) groups is 1. The average molecular weight is 489 g/mol. The summed E-state index contributed by atoms with van der Waals surface area (Å²) in [5.41, 5.74) is 2.57. The molecule has 0 aliphatic carbocycles. The molecule has 4 rings (SSSR count). The number of aromatic nitrogens is 2. The van der Waals surface area contributed by atoms with Crippen LogP contribution in [0.5, 0.6) is 0 Å². The Morgan fingerprint density at radius 3 is 2.47 bits per heavy atom. The average Bonchev–Trinajstić information content (AvgIpc) is 3.28. The molecule has 1 fully saturated rings. The summed E-state index contributed by atoms with van der Waals surface area (Å²) >= 11 is 6.20. The van der Waals surface area contributed by atoms with Gasteiger partial charge in [0.15, 0.2) is 0 Å². The van der Waals surface area contributed by atoms with Crippen molar-refractivity contribution >= 4 is 50.4 Å². The van der Waals surface area contributed by atoms with Crippen LogP contribution in [0.3, 0.4) is 0 Å². The van der Waals surface area contributed by atoms with E-state index in [0.29, 0.717) is 16.8 Å². The number of nitrogens with zero attached hydrogens (tertiary/aromatic N) is 3. The van der Waals surface area contributed by atoms with Gasteiger partial charge >= 0.3 is 0 Å². The highest BCUT2D eigenvalue weighted by Crippen LogP contribution is 2.34. The van der Waals surface area contributed by atoms with Gasteiger partial charge in [0.25, 0.3) is 5.91 Å². The molecule has 1 aromatic heterocycles. The smallest absolute Gasteiger partial charge is 0.266 e. The zero-order valence-corrected chi connectivity index (χ0v) is 18.8. The molecule has 0 spiro atoms. The third kappa shape index (κ3) is 4.96. The van der Waals surface area contributed by atoms with E-state index in [1.807, 2.05) is 30.3 Å². The minimum atomic E-state index is -4.48. The minimum absolute atomic E-state index is 0.170. The molecule has 0 saturated carbocycles. The first-order valence-electron chi connectivity index (χ1n) is 9.31. The molecule has 2 heterocycles.